The molecule has 0 unspecified atom stereocenters. The van der Waals surface area contributed by atoms with Gasteiger partial charge in [0.25, 0.3) is 11.8 Å². The summed E-state index contributed by atoms with van der Waals surface area (Å²) in [5, 5.41) is 0. The molecule has 6 heteroatoms. The van der Waals surface area contributed by atoms with Crippen LogP contribution in [0.1, 0.15) is 39.1 Å². The third-order valence-electron chi connectivity index (χ3n) is 4.26. The minimum absolute atomic E-state index is 0.151. The Morgan fingerprint density at radius 1 is 0.963 bits per heavy atom. The zero-order chi connectivity index (χ0) is 19.2. The molecule has 0 N–H and O–H groups in total. The number of carbonyl (C=O) groups excluding carboxylic acids is 3. The fourth-order valence-corrected chi connectivity index (χ4v) is 2.89. The summed E-state index contributed by atoms with van der Waals surface area (Å²) in [6.07, 6.45) is 1.13. The minimum Gasteiger partial charge on any atom is -0.482 e. The maximum Gasteiger partial charge on any atom is 0.344 e. The van der Waals surface area contributed by atoms with Crippen molar-refractivity contribution in [1.82, 2.24) is 4.90 Å². The first-order valence-electron chi connectivity index (χ1n) is 8.86. The highest BCUT2D eigenvalue weighted by atomic mass is 16.6. The second-order valence-corrected chi connectivity index (χ2v) is 6.34. The maximum atomic E-state index is 12.2. The van der Waals surface area contributed by atoms with Crippen LogP contribution >= 0.6 is 0 Å². The van der Waals surface area contributed by atoms with Crippen LogP contribution in [0.15, 0.2) is 48.5 Å². The summed E-state index contributed by atoms with van der Waals surface area (Å²) in [4.78, 5) is 37.4. The molecule has 0 bridgehead atoms. The van der Waals surface area contributed by atoms with Crippen molar-refractivity contribution >= 4 is 17.8 Å². The number of rotatable bonds is 8. The van der Waals surface area contributed by atoms with Crippen LogP contribution in [0.4, 0.5) is 0 Å². The van der Waals surface area contributed by atoms with Gasteiger partial charge in [-0.1, -0.05) is 24.3 Å². The molecule has 1 heterocycles. The predicted octanol–water partition coefficient (Wildman–Crippen LogP) is 2.99. The number of nitrogens with zero attached hydrogens (tertiary/aromatic N) is 1. The summed E-state index contributed by atoms with van der Waals surface area (Å²) in [6, 6.07) is 14.2. The molecule has 6 nitrogen and oxygen atoms in total. The van der Waals surface area contributed by atoms with Gasteiger partial charge in [0.1, 0.15) is 5.75 Å². The molecule has 0 atom stereocenters. The van der Waals surface area contributed by atoms with Crippen LogP contribution in [0.3, 0.4) is 0 Å². The zero-order valence-corrected chi connectivity index (χ0v) is 15.1. The van der Waals surface area contributed by atoms with Crippen molar-refractivity contribution in [2.24, 2.45) is 0 Å². The minimum atomic E-state index is -0.447. The van der Waals surface area contributed by atoms with Gasteiger partial charge in [-0.3, -0.25) is 14.5 Å². The van der Waals surface area contributed by atoms with E-state index in [9.17, 15) is 14.4 Å². The van der Waals surface area contributed by atoms with Crippen LogP contribution in [0.5, 0.6) is 5.75 Å². The number of imide groups is 1. The van der Waals surface area contributed by atoms with Crippen LogP contribution in [-0.4, -0.2) is 42.4 Å². The first-order valence-corrected chi connectivity index (χ1v) is 8.86. The largest absolute Gasteiger partial charge is 0.482 e. The highest BCUT2D eigenvalue weighted by Crippen LogP contribution is 2.22. The van der Waals surface area contributed by atoms with Crippen LogP contribution in [0.25, 0.3) is 0 Å². The van der Waals surface area contributed by atoms with E-state index in [1.165, 1.54) is 4.90 Å². The molecule has 2 amide bonds. The zero-order valence-electron chi connectivity index (χ0n) is 15.1. The molecule has 0 saturated heterocycles. The fourth-order valence-electron chi connectivity index (χ4n) is 2.89. The Balaban J connectivity index is 1.34. The van der Waals surface area contributed by atoms with E-state index in [1.54, 1.807) is 30.3 Å². The molecule has 0 fully saturated rings. The summed E-state index contributed by atoms with van der Waals surface area (Å²) in [7, 11) is 0. The van der Waals surface area contributed by atoms with Crippen molar-refractivity contribution in [1.29, 1.82) is 0 Å². The van der Waals surface area contributed by atoms with Gasteiger partial charge >= 0.3 is 5.97 Å². The standard InChI is InChI=1S/C21H21NO5/c1-15-7-6-8-16(13-15)27-14-19(23)26-12-5-4-11-22-20(24)17-9-2-3-10-18(17)21(22)25/h2-3,6-10,13H,4-5,11-12,14H2,1H3. The van der Waals surface area contributed by atoms with E-state index in [2.05, 4.69) is 0 Å². The smallest absolute Gasteiger partial charge is 0.344 e. The Morgan fingerprint density at radius 3 is 2.33 bits per heavy atom. The van der Waals surface area contributed by atoms with Crippen molar-refractivity contribution in [2.45, 2.75) is 19.8 Å². The number of carbonyl (C=O) groups is 3. The quantitative estimate of drug-likeness (QED) is 0.407. The van der Waals surface area contributed by atoms with E-state index in [4.69, 9.17) is 9.47 Å². The molecule has 0 saturated carbocycles. The van der Waals surface area contributed by atoms with Gasteiger partial charge in [-0.15, -0.1) is 0 Å². The monoisotopic (exact) mass is 367 g/mol. The topological polar surface area (TPSA) is 72.9 Å². The predicted molar refractivity (Wildman–Crippen MR) is 98.7 cm³/mol. The molecule has 2 aromatic carbocycles. The van der Waals surface area contributed by atoms with Crippen molar-refractivity contribution < 1.29 is 23.9 Å². The Hall–Kier alpha value is -3.15. The first-order chi connectivity index (χ1) is 13.1. The Morgan fingerprint density at radius 2 is 1.67 bits per heavy atom. The van der Waals surface area contributed by atoms with Gasteiger partial charge < -0.3 is 9.47 Å². The Bertz CT molecular complexity index is 826. The third-order valence-corrected chi connectivity index (χ3v) is 4.26. The summed E-state index contributed by atoms with van der Waals surface area (Å²) in [6.45, 7) is 2.32. The van der Waals surface area contributed by atoms with Gasteiger partial charge in [0.05, 0.1) is 17.7 Å². The number of benzene rings is 2. The average molecular weight is 367 g/mol. The molecular weight excluding hydrogens is 346 g/mol. The molecule has 0 spiro atoms. The normalized spacial score (nSPS) is 12.9. The number of hydrogen-bond donors (Lipinski definition) is 0. The number of aryl methyl sites for hydroxylation is 1. The van der Waals surface area contributed by atoms with Crippen molar-refractivity contribution in [3.63, 3.8) is 0 Å². The van der Waals surface area contributed by atoms with Crippen LogP contribution < -0.4 is 4.74 Å². The van der Waals surface area contributed by atoms with E-state index in [1.807, 2.05) is 25.1 Å². The number of unbranched alkanes of at least 4 members (excludes halogenated alkanes) is 1. The van der Waals surface area contributed by atoms with E-state index < -0.39 is 5.97 Å². The molecule has 0 aromatic heterocycles. The molecule has 27 heavy (non-hydrogen) atoms. The molecule has 0 radical (unpaired) electrons. The molecule has 2 aromatic rings. The van der Waals surface area contributed by atoms with Crippen molar-refractivity contribution in [2.75, 3.05) is 19.8 Å². The van der Waals surface area contributed by atoms with Crippen LogP contribution in [-0.2, 0) is 9.53 Å². The van der Waals surface area contributed by atoms with E-state index in [-0.39, 0.29) is 25.0 Å². The van der Waals surface area contributed by atoms with Gasteiger partial charge in [0.2, 0.25) is 0 Å². The van der Waals surface area contributed by atoms with Crippen molar-refractivity contribution in [3.05, 3.63) is 65.2 Å². The highest BCUT2D eigenvalue weighted by Gasteiger charge is 2.34. The molecule has 0 aliphatic carbocycles. The van der Waals surface area contributed by atoms with E-state index >= 15 is 0 Å². The number of esters is 1. The lowest BCUT2D eigenvalue weighted by Crippen LogP contribution is -2.30. The lowest BCUT2D eigenvalue weighted by atomic mass is 10.1. The Labute approximate surface area is 157 Å². The SMILES string of the molecule is Cc1cccc(OCC(=O)OCCCCN2C(=O)c3ccccc3C2=O)c1. The summed E-state index contributed by atoms with van der Waals surface area (Å²) >= 11 is 0. The van der Waals surface area contributed by atoms with E-state index in [0.717, 1.165) is 5.56 Å². The second kappa shape index (κ2) is 8.49. The van der Waals surface area contributed by atoms with Crippen molar-refractivity contribution in [3.8, 4) is 5.75 Å². The summed E-state index contributed by atoms with van der Waals surface area (Å²) < 4.78 is 10.5. The number of hydrogen-bond acceptors (Lipinski definition) is 5. The van der Waals surface area contributed by atoms with E-state index in [0.29, 0.717) is 36.3 Å². The molecule has 3 rings (SSSR count). The summed E-state index contributed by atoms with van der Waals surface area (Å²) in [5.74, 6) is -0.354. The van der Waals surface area contributed by atoms with Gasteiger partial charge in [0.15, 0.2) is 6.61 Å². The average Bonchev–Trinajstić information content (AvgIpc) is 2.91. The molecule has 140 valence electrons. The first kappa shape index (κ1) is 18.6. The van der Waals surface area contributed by atoms with Gasteiger partial charge in [-0.2, -0.15) is 0 Å². The van der Waals surface area contributed by atoms with Gasteiger partial charge in [0, 0.05) is 6.54 Å². The lowest BCUT2D eigenvalue weighted by Gasteiger charge is -2.13. The van der Waals surface area contributed by atoms with Crippen LogP contribution in [0, 0.1) is 6.92 Å². The maximum absolute atomic E-state index is 12.2. The number of amides is 2. The molecule has 1 aliphatic heterocycles. The third kappa shape index (κ3) is 4.53. The second-order valence-electron chi connectivity index (χ2n) is 6.34. The highest BCUT2D eigenvalue weighted by molar-refractivity contribution is 6.21. The fraction of sp³-hybridized carbons (Fsp3) is 0.286. The molecule has 1 aliphatic rings. The number of fused-ring (bicyclic) bond motifs is 1. The molecular formula is C21H21NO5. The lowest BCUT2D eigenvalue weighted by molar-refractivity contribution is -0.146. The summed E-state index contributed by atoms with van der Waals surface area (Å²) in [5.41, 5.74) is 1.94. The van der Waals surface area contributed by atoms with Gasteiger partial charge in [-0.25, -0.2) is 4.79 Å². The Kier molecular flexibility index (Phi) is 5.86. The number of ether oxygens (including phenoxy) is 2. The van der Waals surface area contributed by atoms with Gasteiger partial charge in [-0.05, 0) is 49.6 Å². The van der Waals surface area contributed by atoms with Crippen LogP contribution in [0.2, 0.25) is 0 Å².